The van der Waals surface area contributed by atoms with Crippen LogP contribution < -0.4 is 15.5 Å². The third-order valence-electron chi connectivity index (χ3n) is 6.53. The van der Waals surface area contributed by atoms with Crippen LogP contribution in [0.15, 0.2) is 48.7 Å². The number of hydrogen-bond donors (Lipinski definition) is 3. The maximum absolute atomic E-state index is 10.8. The predicted molar refractivity (Wildman–Crippen MR) is 130 cm³/mol. The van der Waals surface area contributed by atoms with Crippen LogP contribution >= 0.6 is 0 Å². The van der Waals surface area contributed by atoms with Crippen molar-refractivity contribution in [1.82, 2.24) is 10.3 Å². The van der Waals surface area contributed by atoms with Gasteiger partial charge in [-0.05, 0) is 73.7 Å². The van der Waals surface area contributed by atoms with E-state index in [1.54, 1.807) is 18.3 Å². The first-order chi connectivity index (χ1) is 16.1. The number of aromatic nitrogens is 1. The Bertz CT molecular complexity index is 1010. The highest BCUT2D eigenvalue weighted by Crippen LogP contribution is 2.25. The SMILES string of the molecule is N#Cc1ccc(N2CCC[C@H](N[C@@H]3CCCC[C@H]3Nc3cc(C=CC(=O)O)ccn3)C2)cc1. The summed E-state index contributed by atoms with van der Waals surface area (Å²) in [6, 6.07) is 14.8. The molecule has 7 heteroatoms. The zero-order chi connectivity index (χ0) is 23.0. The molecule has 1 aliphatic heterocycles. The smallest absolute Gasteiger partial charge is 0.328 e. The van der Waals surface area contributed by atoms with Crippen LogP contribution in [0, 0.1) is 11.3 Å². The highest BCUT2D eigenvalue weighted by atomic mass is 16.4. The lowest BCUT2D eigenvalue weighted by Gasteiger charge is -2.40. The van der Waals surface area contributed by atoms with Gasteiger partial charge in [-0.2, -0.15) is 5.26 Å². The Morgan fingerprint density at radius 1 is 1.12 bits per heavy atom. The number of nitrogens with one attached hydrogen (secondary N) is 2. The summed E-state index contributed by atoms with van der Waals surface area (Å²) < 4.78 is 0. The number of nitriles is 1. The molecule has 2 aliphatic rings. The second kappa shape index (κ2) is 11.0. The van der Waals surface area contributed by atoms with Gasteiger partial charge in [-0.15, -0.1) is 0 Å². The Balaban J connectivity index is 1.38. The second-order valence-electron chi connectivity index (χ2n) is 8.90. The Labute approximate surface area is 195 Å². The molecule has 4 rings (SSSR count). The standard InChI is InChI=1S/C26H31N5O2/c27-17-20-7-10-22(11-8-20)31-15-3-4-21(18-31)29-23-5-1-2-6-24(23)30-25-16-19(13-14-28-25)9-12-26(32)33/h7-14,16,21,23-24,29H,1-6,15,18H2,(H,28,30)(H,32,33)/t21-,23+,24+/m0/s1. The zero-order valence-corrected chi connectivity index (χ0v) is 18.8. The summed E-state index contributed by atoms with van der Waals surface area (Å²) in [5.74, 6) is -0.176. The lowest BCUT2D eigenvalue weighted by atomic mass is 9.89. The van der Waals surface area contributed by atoms with Crippen molar-refractivity contribution in [3.05, 3.63) is 59.8 Å². The molecule has 172 valence electrons. The first-order valence-electron chi connectivity index (χ1n) is 11.8. The summed E-state index contributed by atoms with van der Waals surface area (Å²) in [4.78, 5) is 17.7. The quantitative estimate of drug-likeness (QED) is 0.553. The van der Waals surface area contributed by atoms with Gasteiger partial charge < -0.3 is 20.6 Å². The van der Waals surface area contributed by atoms with Gasteiger partial charge >= 0.3 is 5.97 Å². The number of hydrogen-bond acceptors (Lipinski definition) is 6. The number of carboxylic acids is 1. The average molecular weight is 446 g/mol. The van der Waals surface area contributed by atoms with Gasteiger partial charge in [-0.1, -0.05) is 12.8 Å². The van der Waals surface area contributed by atoms with Crippen LogP contribution in [-0.4, -0.2) is 47.3 Å². The van der Waals surface area contributed by atoms with Crippen molar-refractivity contribution in [3.8, 4) is 6.07 Å². The molecule has 0 bridgehead atoms. The van der Waals surface area contributed by atoms with E-state index in [9.17, 15) is 4.79 Å². The molecule has 1 aliphatic carbocycles. The number of piperidine rings is 1. The Hall–Kier alpha value is -3.37. The van der Waals surface area contributed by atoms with Gasteiger partial charge in [0.2, 0.25) is 0 Å². The molecular formula is C26H31N5O2. The third kappa shape index (κ3) is 6.33. The van der Waals surface area contributed by atoms with E-state index in [-0.39, 0.29) is 6.04 Å². The summed E-state index contributed by atoms with van der Waals surface area (Å²) in [7, 11) is 0. The van der Waals surface area contributed by atoms with Gasteiger partial charge in [0.1, 0.15) is 5.82 Å². The fourth-order valence-electron chi connectivity index (χ4n) is 4.89. The molecule has 1 saturated heterocycles. The first-order valence-corrected chi connectivity index (χ1v) is 11.8. The molecule has 33 heavy (non-hydrogen) atoms. The fourth-order valence-corrected chi connectivity index (χ4v) is 4.89. The lowest BCUT2D eigenvalue weighted by Crippen LogP contribution is -2.55. The number of carbonyl (C=O) groups is 1. The highest BCUT2D eigenvalue weighted by Gasteiger charge is 2.29. The van der Waals surface area contributed by atoms with E-state index in [4.69, 9.17) is 10.4 Å². The molecule has 3 N–H and O–H groups in total. The van der Waals surface area contributed by atoms with Crippen LogP contribution in [0.25, 0.3) is 6.08 Å². The molecule has 7 nitrogen and oxygen atoms in total. The predicted octanol–water partition coefficient (Wildman–Crippen LogP) is 4.03. The lowest BCUT2D eigenvalue weighted by molar-refractivity contribution is -0.131. The van der Waals surface area contributed by atoms with Crippen molar-refractivity contribution in [2.24, 2.45) is 0 Å². The number of benzene rings is 1. The third-order valence-corrected chi connectivity index (χ3v) is 6.53. The Kier molecular flexibility index (Phi) is 7.59. The van der Waals surface area contributed by atoms with E-state index in [0.29, 0.717) is 17.6 Å². The number of anilines is 2. The van der Waals surface area contributed by atoms with Crippen LogP contribution in [0.5, 0.6) is 0 Å². The molecular weight excluding hydrogens is 414 g/mol. The first kappa shape index (κ1) is 22.8. The Morgan fingerprint density at radius 3 is 2.67 bits per heavy atom. The molecule has 0 radical (unpaired) electrons. The largest absolute Gasteiger partial charge is 0.478 e. The van der Waals surface area contributed by atoms with Crippen molar-refractivity contribution < 1.29 is 9.90 Å². The van der Waals surface area contributed by atoms with Crippen LogP contribution in [0.3, 0.4) is 0 Å². The topological polar surface area (TPSA) is 101 Å². The minimum Gasteiger partial charge on any atom is -0.478 e. The van der Waals surface area contributed by atoms with E-state index in [1.807, 2.05) is 30.3 Å². The van der Waals surface area contributed by atoms with Gasteiger partial charge in [0.25, 0.3) is 0 Å². The summed E-state index contributed by atoms with van der Waals surface area (Å²) >= 11 is 0. The minimum absolute atomic E-state index is 0.287. The van der Waals surface area contributed by atoms with Crippen molar-refractivity contribution >= 4 is 23.6 Å². The van der Waals surface area contributed by atoms with Crippen LogP contribution in [0.4, 0.5) is 11.5 Å². The highest BCUT2D eigenvalue weighted by molar-refractivity contribution is 5.85. The molecule has 1 saturated carbocycles. The summed E-state index contributed by atoms with van der Waals surface area (Å²) in [6.07, 6.45) is 11.4. The summed E-state index contributed by atoms with van der Waals surface area (Å²) in [5, 5.41) is 25.4. The molecule has 2 fully saturated rings. The second-order valence-corrected chi connectivity index (χ2v) is 8.90. The number of aliphatic carboxylic acids is 1. The number of pyridine rings is 1. The van der Waals surface area contributed by atoms with Gasteiger partial charge in [-0.25, -0.2) is 9.78 Å². The van der Waals surface area contributed by atoms with E-state index < -0.39 is 5.97 Å². The average Bonchev–Trinajstić information content (AvgIpc) is 2.84. The van der Waals surface area contributed by atoms with E-state index in [2.05, 4.69) is 26.6 Å². The fraction of sp³-hybridized carbons (Fsp3) is 0.423. The van der Waals surface area contributed by atoms with Gasteiger partial charge in [0.15, 0.2) is 0 Å². The van der Waals surface area contributed by atoms with Crippen molar-refractivity contribution in [1.29, 1.82) is 5.26 Å². The maximum atomic E-state index is 10.8. The number of nitrogens with zero attached hydrogens (tertiary/aromatic N) is 3. The molecule has 0 unspecified atom stereocenters. The van der Waals surface area contributed by atoms with Crippen LogP contribution in [0.2, 0.25) is 0 Å². The zero-order valence-electron chi connectivity index (χ0n) is 18.8. The van der Waals surface area contributed by atoms with Gasteiger partial charge in [0.05, 0.1) is 11.6 Å². The molecule has 1 aromatic heterocycles. The van der Waals surface area contributed by atoms with Crippen molar-refractivity contribution in [2.45, 2.75) is 56.7 Å². The minimum atomic E-state index is -0.958. The molecule has 3 atom stereocenters. The Morgan fingerprint density at radius 2 is 1.91 bits per heavy atom. The maximum Gasteiger partial charge on any atom is 0.328 e. The van der Waals surface area contributed by atoms with E-state index in [1.165, 1.54) is 18.5 Å². The summed E-state index contributed by atoms with van der Waals surface area (Å²) in [6.45, 7) is 2.00. The van der Waals surface area contributed by atoms with Crippen LogP contribution in [-0.2, 0) is 4.79 Å². The number of carboxylic acid groups (broad SMARTS) is 1. The molecule has 2 heterocycles. The van der Waals surface area contributed by atoms with E-state index in [0.717, 1.165) is 56.2 Å². The normalized spacial score (nSPS) is 23.2. The van der Waals surface area contributed by atoms with Crippen molar-refractivity contribution in [3.63, 3.8) is 0 Å². The molecule has 0 spiro atoms. The molecule has 2 aromatic rings. The summed E-state index contributed by atoms with van der Waals surface area (Å²) in [5.41, 5.74) is 2.69. The van der Waals surface area contributed by atoms with Gasteiger partial charge in [0, 0.05) is 49.2 Å². The number of rotatable bonds is 7. The van der Waals surface area contributed by atoms with E-state index >= 15 is 0 Å². The van der Waals surface area contributed by atoms with Gasteiger partial charge in [-0.3, -0.25) is 0 Å². The van der Waals surface area contributed by atoms with Crippen LogP contribution in [0.1, 0.15) is 49.7 Å². The molecule has 1 aromatic carbocycles. The monoisotopic (exact) mass is 445 g/mol. The molecule has 0 amide bonds. The van der Waals surface area contributed by atoms with Crippen molar-refractivity contribution in [2.75, 3.05) is 23.3 Å².